The highest BCUT2D eigenvalue weighted by atomic mass is 16.5. The lowest BCUT2D eigenvalue weighted by atomic mass is 9.89. The van der Waals surface area contributed by atoms with Crippen LogP contribution in [0.2, 0.25) is 0 Å². The summed E-state index contributed by atoms with van der Waals surface area (Å²) in [6, 6.07) is 82.9. The van der Waals surface area contributed by atoms with Gasteiger partial charge in [-0.15, -0.1) is 0 Å². The largest absolute Gasteiger partial charge is 0.473 e. The molecule has 3 nitrogen and oxygen atoms in total. The summed E-state index contributed by atoms with van der Waals surface area (Å²) < 4.78 is 5.81. The van der Waals surface area contributed by atoms with Crippen LogP contribution < -0.4 is 4.90 Å². The van der Waals surface area contributed by atoms with E-state index in [-0.39, 0.29) is 5.90 Å². The Kier molecular flexibility index (Phi) is 10.7. The molecule has 0 radical (unpaired) electrons. The van der Waals surface area contributed by atoms with Crippen LogP contribution in [-0.2, 0) is 11.3 Å². The molecule has 1 N–H and O–H groups in total. The van der Waals surface area contributed by atoms with E-state index < -0.39 is 0 Å². The van der Waals surface area contributed by atoms with Crippen molar-refractivity contribution in [3.05, 3.63) is 248 Å². The lowest BCUT2D eigenvalue weighted by Gasteiger charge is -2.26. The van der Waals surface area contributed by atoms with Crippen LogP contribution in [0.5, 0.6) is 0 Å². The van der Waals surface area contributed by atoms with Crippen molar-refractivity contribution < 1.29 is 4.74 Å². The molecule has 0 fully saturated rings. The molecule has 0 aliphatic heterocycles. The standard InChI is InChI=1S/C56H42N2O/c57-56(48-18-8-3-9-19-48)59-40-41-24-26-46(27-25-41)52-20-10-12-22-54(52)55-23-13-11-21-53(55)47-32-38-51(39-33-47)58(49-34-28-44(29-35-49)42-14-4-1-5-15-42)50-36-30-45(31-37-50)43-16-6-2-7-17-43/h1-39,57H,40H2. The molecular weight excluding hydrogens is 717 g/mol. The first-order valence-corrected chi connectivity index (χ1v) is 19.9. The number of benzene rings is 9. The van der Waals surface area contributed by atoms with Crippen molar-refractivity contribution in [3.8, 4) is 55.6 Å². The van der Waals surface area contributed by atoms with Crippen molar-refractivity contribution in [2.24, 2.45) is 0 Å². The molecule has 0 spiro atoms. The maximum atomic E-state index is 8.33. The fourth-order valence-corrected chi connectivity index (χ4v) is 7.65. The molecule has 0 amide bonds. The molecule has 0 bridgehead atoms. The fraction of sp³-hybridized carbons (Fsp3) is 0.0179. The zero-order valence-electron chi connectivity index (χ0n) is 32.6. The Labute approximate surface area is 346 Å². The zero-order chi connectivity index (χ0) is 39.8. The van der Waals surface area contributed by atoms with E-state index in [1.54, 1.807) is 0 Å². The Balaban J connectivity index is 1.01. The van der Waals surface area contributed by atoms with E-state index in [2.05, 4.69) is 211 Å². The van der Waals surface area contributed by atoms with Crippen molar-refractivity contribution >= 4 is 23.0 Å². The number of anilines is 3. The molecule has 0 aliphatic rings. The minimum atomic E-state index is 0.173. The summed E-state index contributed by atoms with van der Waals surface area (Å²) in [6.07, 6.45) is 0. The normalized spacial score (nSPS) is 10.8. The van der Waals surface area contributed by atoms with Crippen LogP contribution in [0, 0.1) is 5.41 Å². The monoisotopic (exact) mass is 758 g/mol. The third kappa shape index (κ3) is 8.23. The number of rotatable bonds is 11. The van der Waals surface area contributed by atoms with Crippen molar-refractivity contribution in [3.63, 3.8) is 0 Å². The average molecular weight is 759 g/mol. The first kappa shape index (κ1) is 36.9. The highest BCUT2D eigenvalue weighted by Crippen LogP contribution is 2.41. The second-order valence-electron chi connectivity index (χ2n) is 14.5. The first-order valence-electron chi connectivity index (χ1n) is 19.9. The van der Waals surface area contributed by atoms with Gasteiger partial charge in [-0.2, -0.15) is 0 Å². The highest BCUT2D eigenvalue weighted by molar-refractivity contribution is 5.93. The average Bonchev–Trinajstić information content (AvgIpc) is 3.32. The van der Waals surface area contributed by atoms with Crippen molar-refractivity contribution in [2.75, 3.05) is 4.90 Å². The molecule has 59 heavy (non-hydrogen) atoms. The van der Waals surface area contributed by atoms with Gasteiger partial charge < -0.3 is 9.64 Å². The molecule has 0 aromatic heterocycles. The van der Waals surface area contributed by atoms with Gasteiger partial charge in [0.1, 0.15) is 6.61 Å². The summed E-state index contributed by atoms with van der Waals surface area (Å²) >= 11 is 0. The summed E-state index contributed by atoms with van der Waals surface area (Å²) in [6.45, 7) is 0.337. The number of ether oxygens (including phenoxy) is 1. The molecule has 0 unspecified atom stereocenters. The quantitative estimate of drug-likeness (QED) is 0.105. The van der Waals surface area contributed by atoms with Crippen LogP contribution in [0.4, 0.5) is 17.1 Å². The van der Waals surface area contributed by atoms with Gasteiger partial charge in [0.25, 0.3) is 0 Å². The molecular formula is C56H42N2O. The van der Waals surface area contributed by atoms with Crippen LogP contribution in [0.25, 0.3) is 55.6 Å². The van der Waals surface area contributed by atoms with Gasteiger partial charge in [-0.1, -0.05) is 188 Å². The van der Waals surface area contributed by atoms with E-state index in [1.807, 2.05) is 30.3 Å². The third-order valence-corrected chi connectivity index (χ3v) is 10.7. The molecule has 0 heterocycles. The Hall–Kier alpha value is -7.75. The molecule has 9 aromatic rings. The SMILES string of the molecule is N=C(OCc1ccc(-c2ccccc2-c2ccccc2-c2ccc(N(c3ccc(-c4ccccc4)cc3)c3ccc(-c4ccccc4)cc3)cc2)cc1)c1ccccc1. The van der Waals surface area contributed by atoms with E-state index >= 15 is 0 Å². The predicted octanol–water partition coefficient (Wildman–Crippen LogP) is 15.0. The van der Waals surface area contributed by atoms with Gasteiger partial charge in [-0.25, -0.2) is 0 Å². The Bertz CT molecular complexity index is 2700. The van der Waals surface area contributed by atoms with E-state index in [0.29, 0.717) is 6.61 Å². The minimum Gasteiger partial charge on any atom is -0.473 e. The van der Waals surface area contributed by atoms with E-state index in [1.165, 1.54) is 38.9 Å². The smallest absolute Gasteiger partial charge is 0.213 e. The van der Waals surface area contributed by atoms with E-state index in [4.69, 9.17) is 10.1 Å². The van der Waals surface area contributed by atoms with Gasteiger partial charge in [-0.3, -0.25) is 5.41 Å². The van der Waals surface area contributed by atoms with Gasteiger partial charge >= 0.3 is 0 Å². The van der Waals surface area contributed by atoms with Gasteiger partial charge in [0.05, 0.1) is 0 Å². The Morgan fingerprint density at radius 3 is 1.07 bits per heavy atom. The Morgan fingerprint density at radius 1 is 0.322 bits per heavy atom. The molecule has 3 heteroatoms. The lowest BCUT2D eigenvalue weighted by molar-refractivity contribution is 0.291. The summed E-state index contributed by atoms with van der Waals surface area (Å²) in [4.78, 5) is 2.33. The van der Waals surface area contributed by atoms with Crippen molar-refractivity contribution in [1.82, 2.24) is 0 Å². The molecule has 9 aromatic carbocycles. The molecule has 0 saturated carbocycles. The van der Waals surface area contributed by atoms with E-state index in [0.717, 1.165) is 44.9 Å². The predicted molar refractivity (Wildman–Crippen MR) is 246 cm³/mol. The maximum Gasteiger partial charge on any atom is 0.213 e. The second kappa shape index (κ2) is 17.2. The van der Waals surface area contributed by atoms with Gasteiger partial charge in [0.2, 0.25) is 5.90 Å². The summed E-state index contributed by atoms with van der Waals surface area (Å²) in [5.41, 5.74) is 16.7. The fourth-order valence-electron chi connectivity index (χ4n) is 7.65. The number of hydrogen-bond acceptors (Lipinski definition) is 3. The topological polar surface area (TPSA) is 36.3 Å². The van der Waals surface area contributed by atoms with Gasteiger partial charge in [0.15, 0.2) is 0 Å². The molecule has 0 atom stereocenters. The van der Waals surface area contributed by atoms with Crippen molar-refractivity contribution in [1.29, 1.82) is 5.41 Å². The Morgan fingerprint density at radius 2 is 0.644 bits per heavy atom. The highest BCUT2D eigenvalue weighted by Gasteiger charge is 2.16. The summed E-state index contributed by atoms with van der Waals surface area (Å²) in [5.74, 6) is 0.173. The lowest BCUT2D eigenvalue weighted by Crippen LogP contribution is -2.09. The summed E-state index contributed by atoms with van der Waals surface area (Å²) in [7, 11) is 0. The van der Waals surface area contributed by atoms with Crippen molar-refractivity contribution in [2.45, 2.75) is 6.61 Å². The van der Waals surface area contributed by atoms with E-state index in [9.17, 15) is 0 Å². The number of nitrogens with one attached hydrogen (secondary N) is 1. The molecule has 0 saturated heterocycles. The van der Waals surface area contributed by atoms with Crippen LogP contribution in [0.1, 0.15) is 11.1 Å². The molecule has 9 rings (SSSR count). The van der Waals surface area contributed by atoms with Crippen LogP contribution in [-0.4, -0.2) is 5.90 Å². The molecule has 282 valence electrons. The number of nitrogens with zero attached hydrogens (tertiary/aromatic N) is 1. The maximum absolute atomic E-state index is 8.33. The van der Waals surface area contributed by atoms with Crippen LogP contribution >= 0.6 is 0 Å². The third-order valence-electron chi connectivity index (χ3n) is 10.7. The number of hydrogen-bond donors (Lipinski definition) is 1. The first-order chi connectivity index (χ1) is 29.2. The summed E-state index contributed by atoms with van der Waals surface area (Å²) in [5, 5.41) is 8.33. The molecule has 0 aliphatic carbocycles. The van der Waals surface area contributed by atoms with Crippen LogP contribution in [0.3, 0.4) is 0 Å². The van der Waals surface area contributed by atoms with Crippen LogP contribution in [0.15, 0.2) is 237 Å². The van der Waals surface area contributed by atoms with Gasteiger partial charge in [0, 0.05) is 22.6 Å². The zero-order valence-corrected chi connectivity index (χ0v) is 32.6. The van der Waals surface area contributed by atoms with Gasteiger partial charge in [-0.05, 0) is 110 Å². The minimum absolute atomic E-state index is 0.173. The second-order valence-corrected chi connectivity index (χ2v) is 14.5.